The highest BCUT2D eigenvalue weighted by Crippen LogP contribution is 1.80. The van der Waals surface area contributed by atoms with Crippen LogP contribution in [0.1, 0.15) is 13.8 Å². The minimum absolute atomic E-state index is 0.340. The van der Waals surface area contributed by atoms with E-state index in [2.05, 4.69) is 11.5 Å². The Morgan fingerprint density at radius 1 is 1.57 bits per heavy atom. The van der Waals surface area contributed by atoms with Crippen molar-refractivity contribution in [2.75, 3.05) is 0 Å². The molecule has 0 bridgehead atoms. The summed E-state index contributed by atoms with van der Waals surface area (Å²) in [5.74, 6) is 0. The summed E-state index contributed by atoms with van der Waals surface area (Å²) >= 11 is 0. The van der Waals surface area contributed by atoms with E-state index in [0.717, 1.165) is 5.57 Å². The number of hydrogen-bond donors (Lipinski definition) is 0. The average molecular weight is 98.1 g/mol. The van der Waals surface area contributed by atoms with Crippen LogP contribution in [0.15, 0.2) is 23.4 Å². The van der Waals surface area contributed by atoms with Crippen molar-refractivity contribution >= 4 is 0 Å². The van der Waals surface area contributed by atoms with Crippen molar-refractivity contribution < 1.29 is 4.39 Å². The van der Waals surface area contributed by atoms with Crippen LogP contribution in [0.3, 0.4) is 0 Å². The predicted octanol–water partition coefficient (Wildman–Crippen LogP) is 2.19. The van der Waals surface area contributed by atoms with Crippen molar-refractivity contribution in [2.45, 2.75) is 13.8 Å². The van der Waals surface area contributed by atoms with Gasteiger partial charge in [-0.2, -0.15) is 0 Å². The lowest BCUT2D eigenvalue weighted by Gasteiger charge is -1.67. The highest BCUT2D eigenvalue weighted by molar-refractivity contribution is 4.91. The second-order valence-corrected chi connectivity index (χ2v) is 1.38. The van der Waals surface area contributed by atoms with Crippen molar-refractivity contribution in [3.05, 3.63) is 23.4 Å². The Morgan fingerprint density at radius 3 is 2.29 bits per heavy atom. The Balaban J connectivity index is 4.16. The van der Waals surface area contributed by atoms with Crippen LogP contribution in [0.25, 0.3) is 0 Å². The Labute approximate surface area is 42.7 Å². The number of hydrogen-bond acceptors (Lipinski definition) is 0. The molecule has 0 radical (unpaired) electrons. The Hall–Kier alpha value is -0.770. The van der Waals surface area contributed by atoms with E-state index in [1.807, 2.05) is 13.8 Å². The Bertz CT molecular complexity index is 128. The van der Waals surface area contributed by atoms with Crippen LogP contribution in [-0.2, 0) is 0 Å². The fourth-order valence-electron chi connectivity index (χ4n) is 0.172. The quantitative estimate of drug-likeness (QED) is 0.407. The molecule has 0 aromatic carbocycles. The lowest BCUT2D eigenvalue weighted by atomic mass is 10.4. The standard InChI is InChI=1S/C6H7F/c1-6(2)4-3-5-7/h5H,1-2H3. The van der Waals surface area contributed by atoms with Gasteiger partial charge in [-0.25, -0.2) is 4.39 Å². The molecule has 0 nitrogen and oxygen atoms in total. The van der Waals surface area contributed by atoms with Crippen LogP contribution in [0, 0.1) is 0 Å². The van der Waals surface area contributed by atoms with Gasteiger partial charge in [0.1, 0.15) is 6.33 Å². The molecule has 0 amide bonds. The largest absolute Gasteiger partial charge is 0.206 e. The highest BCUT2D eigenvalue weighted by Gasteiger charge is 1.61. The van der Waals surface area contributed by atoms with Crippen LogP contribution < -0.4 is 0 Å². The second kappa shape index (κ2) is 3.42. The lowest BCUT2D eigenvalue weighted by Crippen LogP contribution is -1.48. The molecule has 0 unspecified atom stereocenters. The molecule has 7 heavy (non-hydrogen) atoms. The first-order chi connectivity index (χ1) is 3.27. The lowest BCUT2D eigenvalue weighted by molar-refractivity contribution is 0.723. The van der Waals surface area contributed by atoms with Gasteiger partial charge in [0.15, 0.2) is 0 Å². The molecule has 0 aromatic rings. The zero-order valence-electron chi connectivity index (χ0n) is 4.46. The van der Waals surface area contributed by atoms with E-state index in [0.29, 0.717) is 6.33 Å². The Morgan fingerprint density at radius 2 is 2.14 bits per heavy atom. The van der Waals surface area contributed by atoms with E-state index < -0.39 is 0 Å². The van der Waals surface area contributed by atoms with Gasteiger partial charge in [0.25, 0.3) is 0 Å². The summed E-state index contributed by atoms with van der Waals surface area (Å²) < 4.78 is 11.0. The van der Waals surface area contributed by atoms with Crippen LogP contribution in [-0.4, -0.2) is 0 Å². The molecule has 0 heterocycles. The van der Waals surface area contributed by atoms with Crippen molar-refractivity contribution in [3.8, 4) is 0 Å². The molecule has 38 valence electrons. The maximum absolute atomic E-state index is 11.0. The van der Waals surface area contributed by atoms with Crippen molar-refractivity contribution in [1.82, 2.24) is 0 Å². The molecule has 0 aliphatic rings. The molecular weight excluding hydrogens is 91.1 g/mol. The number of rotatable bonds is 0. The van der Waals surface area contributed by atoms with Crippen molar-refractivity contribution in [1.29, 1.82) is 0 Å². The van der Waals surface area contributed by atoms with Crippen LogP contribution in [0.5, 0.6) is 0 Å². The zero-order valence-corrected chi connectivity index (χ0v) is 4.46. The SMILES string of the molecule is CC(C)=C=C=CF. The fraction of sp³-hybridized carbons (Fsp3) is 0.333. The van der Waals surface area contributed by atoms with Crippen LogP contribution >= 0.6 is 0 Å². The molecule has 0 aliphatic heterocycles. The molecular formula is C6H7F. The maximum atomic E-state index is 11.0. The van der Waals surface area contributed by atoms with Gasteiger partial charge in [0.05, 0.1) is 0 Å². The third kappa shape index (κ3) is 5.23. The predicted molar refractivity (Wildman–Crippen MR) is 27.6 cm³/mol. The van der Waals surface area contributed by atoms with Gasteiger partial charge in [-0.3, -0.25) is 0 Å². The molecule has 0 N–H and O–H groups in total. The monoisotopic (exact) mass is 98.1 g/mol. The molecule has 0 saturated carbocycles. The maximum Gasteiger partial charge on any atom is 0.137 e. The first kappa shape index (κ1) is 6.23. The smallest absolute Gasteiger partial charge is 0.137 e. The van der Waals surface area contributed by atoms with Gasteiger partial charge < -0.3 is 0 Å². The van der Waals surface area contributed by atoms with Crippen LogP contribution in [0.4, 0.5) is 4.39 Å². The van der Waals surface area contributed by atoms with E-state index in [1.54, 1.807) is 0 Å². The van der Waals surface area contributed by atoms with Crippen LogP contribution in [0.2, 0.25) is 0 Å². The van der Waals surface area contributed by atoms with Crippen molar-refractivity contribution in [3.63, 3.8) is 0 Å². The van der Waals surface area contributed by atoms with E-state index in [1.165, 1.54) is 0 Å². The minimum atomic E-state index is 0.340. The Kier molecular flexibility index (Phi) is 3.04. The first-order valence-electron chi connectivity index (χ1n) is 2.01. The summed E-state index contributed by atoms with van der Waals surface area (Å²) in [6.45, 7) is 3.66. The van der Waals surface area contributed by atoms with E-state index in [9.17, 15) is 4.39 Å². The molecule has 0 aliphatic carbocycles. The molecule has 0 saturated heterocycles. The molecule has 1 heteroatoms. The highest BCUT2D eigenvalue weighted by atomic mass is 19.1. The third-order valence-corrected chi connectivity index (χ3v) is 0.377. The molecule has 0 spiro atoms. The van der Waals surface area contributed by atoms with E-state index in [4.69, 9.17) is 0 Å². The van der Waals surface area contributed by atoms with Crippen molar-refractivity contribution in [2.24, 2.45) is 0 Å². The topological polar surface area (TPSA) is 0 Å². The van der Waals surface area contributed by atoms with E-state index >= 15 is 0 Å². The number of halogens is 1. The van der Waals surface area contributed by atoms with Gasteiger partial charge in [-0.15, -0.1) is 0 Å². The first-order valence-corrected chi connectivity index (χ1v) is 2.01. The summed E-state index contributed by atoms with van der Waals surface area (Å²) in [5, 5.41) is 0. The summed E-state index contributed by atoms with van der Waals surface area (Å²) in [7, 11) is 0. The van der Waals surface area contributed by atoms with E-state index in [-0.39, 0.29) is 0 Å². The molecule has 0 fully saturated rings. The second-order valence-electron chi connectivity index (χ2n) is 1.38. The average Bonchev–Trinajstić information content (AvgIpc) is 1.61. The fourth-order valence-corrected chi connectivity index (χ4v) is 0.172. The normalized spacial score (nSPS) is 6.14. The summed E-state index contributed by atoms with van der Waals surface area (Å²) in [6, 6.07) is 0. The van der Waals surface area contributed by atoms with Gasteiger partial charge >= 0.3 is 0 Å². The zero-order chi connectivity index (χ0) is 5.70. The van der Waals surface area contributed by atoms with Gasteiger partial charge in [-0.05, 0) is 25.2 Å². The van der Waals surface area contributed by atoms with Gasteiger partial charge in [-0.1, -0.05) is 5.73 Å². The summed E-state index contributed by atoms with van der Waals surface area (Å²) in [6.07, 6.45) is 0.340. The molecule has 0 aromatic heterocycles. The summed E-state index contributed by atoms with van der Waals surface area (Å²) in [5.41, 5.74) is 5.63. The number of allylic oxidation sites excluding steroid dienone is 1. The minimum Gasteiger partial charge on any atom is -0.206 e. The van der Waals surface area contributed by atoms with Gasteiger partial charge in [0.2, 0.25) is 0 Å². The summed E-state index contributed by atoms with van der Waals surface area (Å²) in [4.78, 5) is 0. The third-order valence-electron chi connectivity index (χ3n) is 0.377. The van der Waals surface area contributed by atoms with Gasteiger partial charge in [0, 0.05) is 0 Å². The molecule has 0 rings (SSSR count). The molecule has 0 atom stereocenters.